The molecule has 0 saturated heterocycles. The Morgan fingerprint density at radius 1 is 1.05 bits per heavy atom. The van der Waals surface area contributed by atoms with Crippen LogP contribution in [0.1, 0.15) is 57.9 Å². The maximum absolute atomic E-state index is 11.9. The van der Waals surface area contributed by atoms with Crippen LogP contribution >= 0.6 is 0 Å². The smallest absolute Gasteiger partial charge is 0.316 e. The van der Waals surface area contributed by atoms with Gasteiger partial charge in [-0.25, -0.2) is 0 Å². The van der Waals surface area contributed by atoms with Gasteiger partial charge in [0.2, 0.25) is 0 Å². The van der Waals surface area contributed by atoms with Gasteiger partial charge in [0.05, 0.1) is 5.92 Å². The maximum Gasteiger partial charge on any atom is 0.316 e. The van der Waals surface area contributed by atoms with E-state index >= 15 is 0 Å². The van der Waals surface area contributed by atoms with Crippen molar-refractivity contribution in [3.8, 4) is 0 Å². The minimum Gasteiger partial charge on any atom is -0.393 e. The van der Waals surface area contributed by atoms with Crippen LogP contribution < -0.4 is 0 Å². The van der Waals surface area contributed by atoms with Crippen LogP contribution in [0.4, 0.5) is 0 Å². The van der Waals surface area contributed by atoms with Crippen molar-refractivity contribution in [2.24, 2.45) is 5.92 Å². The molecule has 0 atom stereocenters. The van der Waals surface area contributed by atoms with Gasteiger partial charge in [-0.3, -0.25) is 9.59 Å². The molecular formula is C18H26O3. The molecule has 3 nitrogen and oxygen atoms in total. The molecule has 0 unspecified atom stereocenters. The van der Waals surface area contributed by atoms with Crippen molar-refractivity contribution in [1.82, 2.24) is 0 Å². The van der Waals surface area contributed by atoms with E-state index in [1.54, 1.807) is 0 Å². The molecule has 0 aromatic heterocycles. The Balaban J connectivity index is 2.30. The predicted molar refractivity (Wildman–Crippen MR) is 83.8 cm³/mol. The van der Waals surface area contributed by atoms with Crippen LogP contribution in [0.25, 0.3) is 0 Å². The Bertz CT molecular complexity index is 419. The summed E-state index contributed by atoms with van der Waals surface area (Å²) in [6.45, 7) is 4.08. The lowest BCUT2D eigenvalue weighted by molar-refractivity contribution is -0.163. The molecule has 116 valence electrons. The number of benzene rings is 1. The number of ether oxygens (including phenoxy) is 1. The van der Waals surface area contributed by atoms with Crippen molar-refractivity contribution in [3.63, 3.8) is 0 Å². The van der Waals surface area contributed by atoms with Gasteiger partial charge in [-0.05, 0) is 31.2 Å². The van der Waals surface area contributed by atoms with Crippen molar-refractivity contribution in [3.05, 3.63) is 35.9 Å². The zero-order valence-electron chi connectivity index (χ0n) is 13.1. The molecule has 0 amide bonds. The first-order valence-corrected chi connectivity index (χ1v) is 7.95. The molecule has 0 aliphatic rings. The second-order valence-corrected chi connectivity index (χ2v) is 5.41. The Morgan fingerprint density at radius 2 is 1.67 bits per heavy atom. The predicted octanol–water partition coefficient (Wildman–Crippen LogP) is 4.30. The fourth-order valence-electron chi connectivity index (χ4n) is 2.41. The van der Waals surface area contributed by atoms with E-state index in [0.29, 0.717) is 12.8 Å². The highest BCUT2D eigenvalue weighted by Crippen LogP contribution is 2.16. The molecule has 3 heteroatoms. The van der Waals surface area contributed by atoms with E-state index in [9.17, 15) is 9.59 Å². The summed E-state index contributed by atoms with van der Waals surface area (Å²) >= 11 is 0. The number of rotatable bonds is 9. The van der Waals surface area contributed by atoms with Crippen LogP contribution in [-0.2, 0) is 20.7 Å². The molecule has 1 aromatic rings. The topological polar surface area (TPSA) is 43.4 Å². The summed E-state index contributed by atoms with van der Waals surface area (Å²) < 4.78 is 4.98. The first-order valence-electron chi connectivity index (χ1n) is 7.95. The number of carbonyl (C=O) groups is 2. The van der Waals surface area contributed by atoms with Gasteiger partial charge in [-0.15, -0.1) is 0 Å². The fourth-order valence-corrected chi connectivity index (χ4v) is 2.41. The average Bonchev–Trinajstić information content (AvgIpc) is 2.48. The summed E-state index contributed by atoms with van der Waals surface area (Å²) in [5.74, 6) is -0.866. The van der Waals surface area contributed by atoms with Crippen molar-refractivity contribution in [1.29, 1.82) is 0 Å². The van der Waals surface area contributed by atoms with Crippen molar-refractivity contribution in [2.75, 3.05) is 0 Å². The van der Waals surface area contributed by atoms with Gasteiger partial charge in [0.25, 0.3) is 0 Å². The second-order valence-electron chi connectivity index (χ2n) is 5.41. The molecule has 0 fully saturated rings. The lowest BCUT2D eigenvalue weighted by atomic mass is 9.99. The van der Waals surface area contributed by atoms with E-state index in [1.165, 1.54) is 5.56 Å². The number of esters is 2. The molecule has 0 aliphatic heterocycles. The van der Waals surface area contributed by atoms with Crippen molar-refractivity contribution >= 4 is 11.9 Å². The Morgan fingerprint density at radius 3 is 2.24 bits per heavy atom. The molecule has 0 aliphatic carbocycles. The number of aryl methyl sites for hydroxylation is 1. The van der Waals surface area contributed by atoms with Gasteiger partial charge < -0.3 is 4.74 Å². The monoisotopic (exact) mass is 290 g/mol. The van der Waals surface area contributed by atoms with E-state index in [0.717, 1.165) is 32.1 Å². The zero-order chi connectivity index (χ0) is 15.5. The molecule has 0 radical (unpaired) electrons. The molecule has 21 heavy (non-hydrogen) atoms. The van der Waals surface area contributed by atoms with E-state index in [-0.39, 0.29) is 11.9 Å². The van der Waals surface area contributed by atoms with Crippen LogP contribution in [0.2, 0.25) is 0 Å². The second kappa shape index (κ2) is 10.1. The molecule has 0 spiro atoms. The Hall–Kier alpha value is -1.64. The minimum absolute atomic E-state index is 0.127. The first kappa shape index (κ1) is 17.4. The van der Waals surface area contributed by atoms with Gasteiger partial charge in [0.15, 0.2) is 0 Å². The summed E-state index contributed by atoms with van der Waals surface area (Å²) in [4.78, 5) is 23.6. The maximum atomic E-state index is 11.9. The Labute approximate surface area is 127 Å². The van der Waals surface area contributed by atoms with Crippen LogP contribution in [0.5, 0.6) is 0 Å². The summed E-state index contributed by atoms with van der Waals surface area (Å²) in [6, 6.07) is 10.0. The van der Waals surface area contributed by atoms with E-state index in [4.69, 9.17) is 4.74 Å². The highest BCUT2D eigenvalue weighted by molar-refractivity contribution is 5.86. The van der Waals surface area contributed by atoms with E-state index in [1.807, 2.05) is 44.2 Å². The standard InChI is InChI=1S/C18H26O3/c1-3-9-16(10-4-2)18(20)21-17(19)14-8-13-15-11-6-5-7-12-15/h5-7,11-12,16H,3-4,8-10,13-14H2,1-2H3. The molecular weight excluding hydrogens is 264 g/mol. The molecule has 0 bridgehead atoms. The third-order valence-electron chi connectivity index (χ3n) is 3.51. The number of hydrogen-bond donors (Lipinski definition) is 0. The van der Waals surface area contributed by atoms with Crippen molar-refractivity contribution < 1.29 is 14.3 Å². The Kier molecular flexibility index (Phi) is 8.41. The van der Waals surface area contributed by atoms with Crippen LogP contribution in [-0.4, -0.2) is 11.9 Å². The summed E-state index contributed by atoms with van der Waals surface area (Å²) in [7, 11) is 0. The van der Waals surface area contributed by atoms with Gasteiger partial charge in [-0.1, -0.05) is 57.0 Å². The lowest BCUT2D eigenvalue weighted by Crippen LogP contribution is -2.21. The van der Waals surface area contributed by atoms with Crippen LogP contribution in [0.3, 0.4) is 0 Å². The summed E-state index contributed by atoms with van der Waals surface area (Å²) in [6.07, 6.45) is 5.29. The molecule has 1 aromatic carbocycles. The normalized spacial score (nSPS) is 10.6. The molecule has 0 N–H and O–H groups in total. The number of carbonyl (C=O) groups excluding carboxylic acids is 2. The van der Waals surface area contributed by atoms with Gasteiger partial charge in [-0.2, -0.15) is 0 Å². The quantitative estimate of drug-likeness (QED) is 0.503. The third kappa shape index (κ3) is 7.07. The molecule has 0 saturated carbocycles. The lowest BCUT2D eigenvalue weighted by Gasteiger charge is -2.13. The van der Waals surface area contributed by atoms with Crippen molar-refractivity contribution in [2.45, 2.75) is 58.8 Å². The third-order valence-corrected chi connectivity index (χ3v) is 3.51. The SMILES string of the molecule is CCCC(CCC)C(=O)OC(=O)CCCc1ccccc1. The fraction of sp³-hybridized carbons (Fsp3) is 0.556. The highest BCUT2D eigenvalue weighted by Gasteiger charge is 2.20. The summed E-state index contributed by atoms with van der Waals surface area (Å²) in [5, 5.41) is 0. The largest absolute Gasteiger partial charge is 0.393 e. The van der Waals surface area contributed by atoms with Crippen LogP contribution in [0.15, 0.2) is 30.3 Å². The zero-order valence-corrected chi connectivity index (χ0v) is 13.1. The first-order chi connectivity index (χ1) is 10.2. The highest BCUT2D eigenvalue weighted by atomic mass is 16.6. The van der Waals surface area contributed by atoms with E-state index in [2.05, 4.69) is 0 Å². The number of hydrogen-bond acceptors (Lipinski definition) is 3. The van der Waals surface area contributed by atoms with Gasteiger partial charge in [0.1, 0.15) is 0 Å². The average molecular weight is 290 g/mol. The van der Waals surface area contributed by atoms with Gasteiger partial charge in [0, 0.05) is 6.42 Å². The van der Waals surface area contributed by atoms with Crippen LogP contribution in [0, 0.1) is 5.92 Å². The van der Waals surface area contributed by atoms with E-state index < -0.39 is 5.97 Å². The molecule has 0 heterocycles. The van der Waals surface area contributed by atoms with Gasteiger partial charge >= 0.3 is 11.9 Å². The minimum atomic E-state index is -0.395. The summed E-state index contributed by atoms with van der Waals surface area (Å²) in [5.41, 5.74) is 1.20. The molecule has 1 rings (SSSR count).